The van der Waals surface area contributed by atoms with Crippen molar-refractivity contribution in [2.75, 3.05) is 11.0 Å². The first-order valence-electron chi connectivity index (χ1n) is 6.69. The third-order valence-electron chi connectivity index (χ3n) is 3.05. The Morgan fingerprint density at radius 3 is 2.29 bits per heavy atom. The number of carbonyl (C=O) groups is 1. The number of anilines is 1. The first-order valence-corrected chi connectivity index (χ1v) is 8.59. The molecule has 0 aliphatic rings. The van der Waals surface area contributed by atoms with Crippen molar-refractivity contribution < 1.29 is 26.4 Å². The van der Waals surface area contributed by atoms with E-state index in [1.54, 1.807) is 4.72 Å². The predicted octanol–water partition coefficient (Wildman–Crippen LogP) is 1.21. The van der Waals surface area contributed by atoms with Crippen LogP contribution in [0, 0.1) is 11.6 Å². The largest absolute Gasteiger partial charge is 0.468 e. The van der Waals surface area contributed by atoms with Crippen LogP contribution in [0.5, 0.6) is 0 Å². The normalized spacial score (nSPS) is 12.7. The molecule has 10 heteroatoms. The Balaban J connectivity index is 2.21. The molecule has 126 valence electrons. The van der Waals surface area contributed by atoms with E-state index in [9.17, 15) is 22.0 Å². The van der Waals surface area contributed by atoms with Crippen LogP contribution in [0.15, 0.2) is 28.7 Å². The van der Waals surface area contributed by atoms with Crippen molar-refractivity contribution in [2.45, 2.75) is 13.0 Å². The molecule has 1 aromatic carbocycles. The zero-order chi connectivity index (χ0) is 18.1. The lowest BCUT2D eigenvalue weighted by atomic mass is 10.1. The van der Waals surface area contributed by atoms with Crippen LogP contribution in [0.25, 0.3) is 0 Å². The van der Waals surface area contributed by atoms with E-state index < -0.39 is 39.3 Å². The van der Waals surface area contributed by atoms with Gasteiger partial charge in [-0.25, -0.2) is 17.2 Å². The summed E-state index contributed by atoms with van der Waals surface area (Å²) in [6.45, 7) is 1.50. The van der Waals surface area contributed by atoms with Gasteiger partial charge in [-0.05, 0) is 36.8 Å². The number of rotatable bonds is 5. The number of halogens is 2. The molecule has 0 aliphatic heterocycles. The molecule has 2 N–H and O–H groups in total. The number of benzene rings is 1. The zero-order valence-electron chi connectivity index (χ0n) is 12.8. The molecule has 0 unspecified atom stereocenters. The maximum absolute atomic E-state index is 14.0. The number of hydrogen-bond donors (Lipinski definition) is 2. The third kappa shape index (κ3) is 4.35. The monoisotopic (exact) mass is 354 g/mol. The Morgan fingerprint density at radius 2 is 1.83 bits per heavy atom. The van der Waals surface area contributed by atoms with Crippen LogP contribution in [-0.2, 0) is 10.0 Å². The Hall–Kier alpha value is -2.36. The second kappa shape index (κ2) is 6.64. The van der Waals surface area contributed by atoms with Crippen molar-refractivity contribution >= 4 is 35.1 Å². The highest BCUT2D eigenvalue weighted by Gasteiger charge is 2.19. The van der Waals surface area contributed by atoms with Crippen molar-refractivity contribution in [2.24, 2.45) is 0 Å². The molecule has 0 spiro atoms. The number of hydrogen-bond acceptors (Lipinski definition) is 4. The van der Waals surface area contributed by atoms with Crippen LogP contribution in [-0.4, -0.2) is 28.4 Å². The molecular weight excluding hydrogens is 341 g/mol. The number of carbonyl (C=O) groups excluding carboxylic acids is 1. The van der Waals surface area contributed by atoms with Gasteiger partial charge < -0.3 is 9.73 Å². The van der Waals surface area contributed by atoms with E-state index in [1.165, 1.54) is 19.1 Å². The van der Waals surface area contributed by atoms with Gasteiger partial charge in [-0.3, -0.25) is 9.52 Å². The molecule has 2 rings (SSSR count). The lowest BCUT2D eigenvalue weighted by molar-refractivity contribution is 0.0913. The molecule has 0 saturated heterocycles. The Bertz CT molecular complexity index is 860. The summed E-state index contributed by atoms with van der Waals surface area (Å²) in [5.41, 5.74) is -0.614. The zero-order valence-corrected chi connectivity index (χ0v) is 13.6. The summed E-state index contributed by atoms with van der Waals surface area (Å²) in [7, 11) is 1.53. The maximum Gasteiger partial charge on any atom is 0.287 e. The molecule has 1 heterocycles. The van der Waals surface area contributed by atoms with E-state index in [0.29, 0.717) is 0 Å². The summed E-state index contributed by atoms with van der Waals surface area (Å²) in [6, 6.07) is 3.85. The van der Waals surface area contributed by atoms with Gasteiger partial charge in [0.05, 0.1) is 12.3 Å². The van der Waals surface area contributed by atoms with Crippen molar-refractivity contribution in [3.8, 4) is 0 Å². The van der Waals surface area contributed by atoms with Gasteiger partial charge in [0.1, 0.15) is 5.69 Å². The molecule has 1 aromatic heterocycles. The molecule has 0 aliphatic carbocycles. The minimum absolute atomic E-state index is 0.0457. The van der Waals surface area contributed by atoms with Gasteiger partial charge >= 0.3 is 0 Å². The van der Waals surface area contributed by atoms with E-state index in [2.05, 4.69) is 5.32 Å². The third-order valence-corrected chi connectivity index (χ3v) is 3.62. The summed E-state index contributed by atoms with van der Waals surface area (Å²) >= 11 is 0. The lowest BCUT2D eigenvalue weighted by Crippen LogP contribution is -2.26. The van der Waals surface area contributed by atoms with Crippen LogP contribution >= 0.6 is 0 Å². The first kappa shape index (κ1) is 18.0. The highest BCUT2D eigenvalue weighted by atomic mass is 32.2. The Kier molecular flexibility index (Phi) is 4.98. The minimum atomic E-state index is -3.83. The standard InChI is InChI=1S/C14H13BF2N2O4S/c1-7(18-14(20)11-3-4-12(15)23-11)8-5-9(16)13(10(17)6-8)19-24(2,21)22/h3-7,19H,1-2H3,(H,18,20)/t7-/m1/s1. The van der Waals surface area contributed by atoms with Gasteiger partial charge in [-0.1, -0.05) is 0 Å². The molecule has 0 saturated carbocycles. The number of sulfonamides is 1. The summed E-state index contributed by atoms with van der Waals surface area (Å²) in [4.78, 5) is 11.9. The predicted molar refractivity (Wildman–Crippen MR) is 84.8 cm³/mol. The van der Waals surface area contributed by atoms with E-state index >= 15 is 0 Å². The lowest BCUT2D eigenvalue weighted by Gasteiger charge is -2.15. The highest BCUT2D eigenvalue weighted by molar-refractivity contribution is 7.92. The Labute approximate surface area is 138 Å². The van der Waals surface area contributed by atoms with E-state index in [1.807, 2.05) is 0 Å². The number of furan rings is 1. The van der Waals surface area contributed by atoms with Crippen LogP contribution in [0.1, 0.15) is 29.1 Å². The number of amides is 1. The Morgan fingerprint density at radius 1 is 1.25 bits per heavy atom. The number of nitrogens with one attached hydrogen (secondary N) is 2. The van der Waals surface area contributed by atoms with Crippen molar-refractivity contribution in [1.29, 1.82) is 0 Å². The topological polar surface area (TPSA) is 88.4 Å². The second-order valence-corrected chi connectivity index (χ2v) is 6.88. The van der Waals surface area contributed by atoms with Gasteiger partial charge in [0.25, 0.3) is 5.91 Å². The first-order chi connectivity index (χ1) is 11.1. The fourth-order valence-electron chi connectivity index (χ4n) is 1.95. The van der Waals surface area contributed by atoms with Gasteiger partial charge in [-0.15, -0.1) is 0 Å². The van der Waals surface area contributed by atoms with Gasteiger partial charge in [0.15, 0.2) is 25.2 Å². The van der Waals surface area contributed by atoms with Crippen LogP contribution in [0.2, 0.25) is 0 Å². The van der Waals surface area contributed by atoms with Crippen molar-refractivity contribution in [3.05, 3.63) is 47.2 Å². The summed E-state index contributed by atoms with van der Waals surface area (Å²) in [6.07, 6.45) is 0.775. The van der Waals surface area contributed by atoms with E-state index in [4.69, 9.17) is 12.3 Å². The minimum Gasteiger partial charge on any atom is -0.468 e. The smallest absolute Gasteiger partial charge is 0.287 e. The van der Waals surface area contributed by atoms with Crippen molar-refractivity contribution in [1.82, 2.24) is 5.32 Å². The fraction of sp³-hybridized carbons (Fsp3) is 0.214. The molecule has 0 fully saturated rings. The maximum atomic E-state index is 14.0. The van der Waals surface area contributed by atoms with Gasteiger partial charge in [-0.2, -0.15) is 0 Å². The summed E-state index contributed by atoms with van der Waals surface area (Å²) < 4.78 is 56.8. The van der Waals surface area contributed by atoms with Gasteiger partial charge in [0, 0.05) is 5.66 Å². The quantitative estimate of drug-likeness (QED) is 0.791. The SMILES string of the molecule is [B]c1ccc(C(=O)N[C@H](C)c2cc(F)c(NS(C)(=O)=O)c(F)c2)o1. The molecule has 1 atom stereocenters. The average Bonchev–Trinajstić information content (AvgIpc) is 2.88. The van der Waals surface area contributed by atoms with Crippen molar-refractivity contribution in [3.63, 3.8) is 0 Å². The van der Waals surface area contributed by atoms with Crippen LogP contribution < -0.4 is 15.7 Å². The molecule has 24 heavy (non-hydrogen) atoms. The highest BCUT2D eigenvalue weighted by Crippen LogP contribution is 2.25. The molecule has 1 amide bonds. The molecular formula is C14H13BF2N2O4S. The van der Waals surface area contributed by atoms with Crippen LogP contribution in [0.3, 0.4) is 0 Å². The summed E-state index contributed by atoms with van der Waals surface area (Å²) in [5.74, 6) is -2.86. The van der Waals surface area contributed by atoms with E-state index in [0.717, 1.165) is 18.4 Å². The fourth-order valence-corrected chi connectivity index (χ4v) is 2.52. The molecule has 6 nitrogen and oxygen atoms in total. The van der Waals surface area contributed by atoms with Crippen LogP contribution in [0.4, 0.5) is 14.5 Å². The molecule has 0 bridgehead atoms. The molecule has 2 aromatic rings. The summed E-state index contributed by atoms with van der Waals surface area (Å²) in [5, 5.41) is 2.49. The second-order valence-electron chi connectivity index (χ2n) is 5.13. The average molecular weight is 354 g/mol. The molecule has 2 radical (unpaired) electrons. The van der Waals surface area contributed by atoms with E-state index in [-0.39, 0.29) is 17.0 Å². The van der Waals surface area contributed by atoms with Gasteiger partial charge in [0.2, 0.25) is 10.0 Å².